The molecular weight excluding hydrogens is 779 g/mol. The molecule has 2 aromatic rings. The third kappa shape index (κ3) is 1.02. The summed E-state index contributed by atoms with van der Waals surface area (Å²) >= 11 is 0. The van der Waals surface area contributed by atoms with E-state index in [0.29, 0.717) is 4.31 Å². The number of hydrogen-bond donors (Lipinski definition) is 0. The fourth-order valence-corrected chi connectivity index (χ4v) is 183. The van der Waals surface area contributed by atoms with Gasteiger partial charge in [-0.25, -0.2) is 0 Å². The zero-order valence-corrected chi connectivity index (χ0v) is 39.6. The molecule has 6 atom stereocenters. The molecule has 0 aromatic carbocycles. The summed E-state index contributed by atoms with van der Waals surface area (Å²) in [5.41, 5.74) is 5.45. The molecule has 18 aliphatic rings. The second-order valence-electron chi connectivity index (χ2n) is 28.3. The molecule has 8 aliphatic carbocycles. The van der Waals surface area contributed by atoms with Crippen molar-refractivity contribution in [3.05, 3.63) is 60.2 Å². The molecule has 8 saturated carbocycles. The van der Waals surface area contributed by atoms with Crippen molar-refractivity contribution >= 4 is 33.3 Å². The Hall–Kier alpha value is 0.113. The van der Waals surface area contributed by atoms with Crippen molar-refractivity contribution in [1.82, 2.24) is 9.97 Å². The topological polar surface area (TPSA) is 25.8 Å². The Morgan fingerprint density at radius 1 is 0.655 bits per heavy atom. The number of rotatable bonds is 9. The fraction of sp³-hybridized carbons (Fsp3) is 0.792. The van der Waals surface area contributed by atoms with Gasteiger partial charge < -0.3 is 0 Å². The van der Waals surface area contributed by atoms with Gasteiger partial charge in [0.05, 0.1) is 0 Å². The number of nitrogens with zero attached hydrogens (tertiary/aromatic N) is 2. The Labute approximate surface area is 326 Å². The van der Waals surface area contributed by atoms with E-state index >= 15 is 0 Å². The Balaban J connectivity index is 0.962. The molecule has 0 N–H and O–H groups in total. The average Bonchev–Trinajstić information content (AvgIpc) is 4.09. The van der Waals surface area contributed by atoms with Crippen molar-refractivity contribution < 1.29 is 6.51 Å². The van der Waals surface area contributed by atoms with Crippen LogP contribution in [-0.4, -0.2) is 43.6 Å². The van der Waals surface area contributed by atoms with Gasteiger partial charge in [0.15, 0.2) is 0 Å². The van der Waals surface area contributed by atoms with Gasteiger partial charge >= 0.3 is 329 Å². The number of hydrogen-bond acceptors (Lipinski definition) is 2. The van der Waals surface area contributed by atoms with Gasteiger partial charge in [0.1, 0.15) is 0 Å². The zero-order chi connectivity index (χ0) is 36.6. The van der Waals surface area contributed by atoms with Gasteiger partial charge in [-0.15, -0.1) is 0 Å². The van der Waals surface area contributed by atoms with Crippen LogP contribution in [0.2, 0.25) is 84.7 Å². The first-order valence-electron chi connectivity index (χ1n) is 23.7. The first-order valence-corrected chi connectivity index (χ1v) is 38.9. The molecule has 2 aromatic heterocycles. The maximum absolute atomic E-state index is 5.06. The van der Waals surface area contributed by atoms with E-state index in [-0.39, 0.29) is 13.1 Å². The first kappa shape index (κ1) is 31.0. The van der Waals surface area contributed by atoms with E-state index in [4.69, 9.17) is 9.97 Å². The van der Waals surface area contributed by atoms with Crippen LogP contribution in [0.25, 0.3) is 0 Å². The normalized spacial score (nSPS) is 70.6. The number of fused-ring (bicyclic) bond motifs is 10. The molecule has 10 aliphatic heterocycles. The van der Waals surface area contributed by atoms with Gasteiger partial charge in [0.2, 0.25) is 0 Å². The number of aromatic nitrogens is 2. The molecular formula is C48H66FeN2P2Si2. The summed E-state index contributed by atoms with van der Waals surface area (Å²) in [5.74, 6) is 8.84. The fourth-order valence-electron chi connectivity index (χ4n) is 35.2. The maximum atomic E-state index is 5.06. The summed E-state index contributed by atoms with van der Waals surface area (Å²) in [6, 6.07) is 9.85. The van der Waals surface area contributed by atoms with Gasteiger partial charge in [-0.05, 0) is 0 Å². The van der Waals surface area contributed by atoms with Crippen LogP contribution in [0, 0.1) is 47.3 Å². The van der Waals surface area contributed by atoms with Crippen LogP contribution < -0.4 is 0 Å². The minimum atomic E-state index is -4.58. The van der Waals surface area contributed by atoms with Crippen LogP contribution >= 0.6 is 17.2 Å². The van der Waals surface area contributed by atoms with Crippen molar-refractivity contribution in [3.63, 3.8) is 0 Å². The SMILES string of the molecule is C[Si](C)(C)[C]12[CH]3[C]4(C(P)(c5cccnc5)c5cccnc5)[C]5(CP(C6C7CC8CC(C7)CC6C8)C6C7CC8CC(C7)CC6C8)[C]1([Si](C)(C)C)[Fe]35421678[CH]2[CH]1[CH]6[CH]7[CH]28. The molecule has 10 saturated heterocycles. The molecule has 8 bridgehead atoms. The van der Waals surface area contributed by atoms with Crippen molar-refractivity contribution in [1.29, 1.82) is 0 Å². The number of pyridine rings is 2. The summed E-state index contributed by atoms with van der Waals surface area (Å²) < 4.78 is 3.09. The minimum absolute atomic E-state index is 0.00569. The Bertz CT molecular complexity index is 2500. The Kier molecular flexibility index (Phi) is 3.16. The summed E-state index contributed by atoms with van der Waals surface area (Å²) in [6.07, 6.45) is 27.2. The molecule has 7 heteroatoms. The predicted molar refractivity (Wildman–Crippen MR) is 232 cm³/mol. The molecule has 1 spiro atoms. The molecule has 6 unspecified atom stereocenters. The van der Waals surface area contributed by atoms with Crippen LogP contribution in [0.5, 0.6) is 0 Å². The third-order valence-corrected chi connectivity index (χ3v) is 98.5. The second kappa shape index (κ2) is 5.60. The molecule has 18 fully saturated rings. The third-order valence-electron chi connectivity index (χ3n) is 29.9. The van der Waals surface area contributed by atoms with E-state index in [1.807, 2.05) is 6.16 Å². The van der Waals surface area contributed by atoms with Crippen molar-refractivity contribution in [2.75, 3.05) is 6.16 Å². The van der Waals surface area contributed by atoms with E-state index in [9.17, 15) is 0 Å². The predicted octanol–water partition coefficient (Wildman–Crippen LogP) is 13.4. The van der Waals surface area contributed by atoms with E-state index in [1.54, 1.807) is 75.3 Å². The van der Waals surface area contributed by atoms with Crippen molar-refractivity contribution in [2.45, 2.75) is 165 Å². The van der Waals surface area contributed by atoms with Gasteiger partial charge in [0, 0.05) is 0 Å². The van der Waals surface area contributed by atoms with Crippen LogP contribution in [0.4, 0.5) is 0 Å². The molecule has 294 valence electrons. The van der Waals surface area contributed by atoms with Crippen LogP contribution in [0.1, 0.15) is 75.3 Å². The summed E-state index contributed by atoms with van der Waals surface area (Å²) in [7, 11) is 0.795. The van der Waals surface area contributed by atoms with E-state index in [0.717, 1.165) is 70.8 Å². The quantitative estimate of drug-likeness (QED) is 0.186. The molecule has 20 rings (SSSR count). The average molecular weight is 845 g/mol. The zero-order valence-electron chi connectivity index (χ0n) is 34.4. The van der Waals surface area contributed by atoms with Crippen LogP contribution in [0.3, 0.4) is 0 Å². The molecule has 55 heavy (non-hydrogen) atoms. The molecule has 12 heterocycles. The summed E-state index contributed by atoms with van der Waals surface area (Å²) in [4.78, 5) is 17.7. The van der Waals surface area contributed by atoms with Gasteiger partial charge in [-0.2, -0.15) is 0 Å². The van der Waals surface area contributed by atoms with E-state index in [1.165, 1.54) is 28.9 Å². The van der Waals surface area contributed by atoms with Gasteiger partial charge in [-0.1, -0.05) is 0 Å². The van der Waals surface area contributed by atoms with Crippen LogP contribution in [0.15, 0.2) is 49.1 Å². The van der Waals surface area contributed by atoms with E-state index in [2.05, 4.69) is 97.6 Å². The standard InChI is InChI=1S/C43H61N2P2Si2.C5H5.Fe/c1-48(2,3)39-23-38(43(46,35-9-7-11-44-24-35)36-10-8-12-45-25-36)37(42(39)49(4,5)6)26-47(40-31-15-27-13-28(17-31)18-32(40)16-27)41-33-19-29-14-30(21-33)22-34(41)20-29;1-2-4-5-3-1;/h7-12,23-25,27-34,40-41H,13-22,26,46H2,1-6H3;1-5H;. The Morgan fingerprint density at radius 3 is 1.40 bits per heavy atom. The summed E-state index contributed by atoms with van der Waals surface area (Å²) in [6.45, 7) is 13.6. The summed E-state index contributed by atoms with van der Waals surface area (Å²) in [5, 5.41) is -0.00569. The molecule has 0 amide bonds. The monoisotopic (exact) mass is 844 g/mol. The molecule has 0 radical (unpaired) electrons. The van der Waals surface area contributed by atoms with Crippen molar-refractivity contribution in [3.8, 4) is 0 Å². The van der Waals surface area contributed by atoms with Crippen molar-refractivity contribution in [2.24, 2.45) is 47.3 Å². The second-order valence-corrected chi connectivity index (χ2v) is 65.9. The van der Waals surface area contributed by atoms with Gasteiger partial charge in [-0.3, -0.25) is 0 Å². The van der Waals surface area contributed by atoms with Gasteiger partial charge in [0.25, 0.3) is 0 Å². The first-order chi connectivity index (χ1) is 26.1. The Morgan fingerprint density at radius 2 is 1.07 bits per heavy atom. The molecule has 2 nitrogen and oxygen atoms in total. The van der Waals surface area contributed by atoms with E-state index < -0.39 is 22.7 Å². The van der Waals surface area contributed by atoms with Crippen LogP contribution in [-0.2, 0) is 11.7 Å².